The van der Waals surface area contributed by atoms with Crippen LogP contribution >= 0.6 is 11.6 Å². The predicted molar refractivity (Wildman–Crippen MR) is 83.0 cm³/mol. The largest absolute Gasteiger partial charge is 0.493 e. The molecule has 0 saturated heterocycles. The molecule has 120 valence electrons. The van der Waals surface area contributed by atoms with E-state index < -0.39 is 14.6 Å². The highest BCUT2D eigenvalue weighted by Crippen LogP contribution is 2.36. The zero-order chi connectivity index (χ0) is 16.3. The van der Waals surface area contributed by atoms with Crippen molar-refractivity contribution in [2.45, 2.75) is 32.1 Å². The topological polar surface area (TPSA) is 72.8 Å². The number of benzene rings is 1. The molecule has 0 atom stereocenters. The summed E-state index contributed by atoms with van der Waals surface area (Å²) in [5.74, 6) is 0.526. The van der Waals surface area contributed by atoms with Crippen LogP contribution in [0.5, 0.6) is 11.5 Å². The fraction of sp³-hybridized carbons (Fsp3) is 0.571. The Morgan fingerprint density at radius 1 is 1.29 bits per heavy atom. The molecule has 0 spiro atoms. The maximum atomic E-state index is 12.0. The van der Waals surface area contributed by atoms with Crippen LogP contribution in [0.2, 0.25) is 5.02 Å². The van der Waals surface area contributed by atoms with E-state index in [9.17, 15) is 8.42 Å². The second-order valence-electron chi connectivity index (χ2n) is 5.55. The van der Waals surface area contributed by atoms with Gasteiger partial charge in [-0.05, 0) is 38.5 Å². The van der Waals surface area contributed by atoms with Crippen LogP contribution < -0.4 is 9.47 Å². The van der Waals surface area contributed by atoms with E-state index in [0.717, 1.165) is 0 Å². The number of hydrogen-bond donors (Lipinski definition) is 1. The van der Waals surface area contributed by atoms with Gasteiger partial charge in [-0.1, -0.05) is 11.6 Å². The highest BCUT2D eigenvalue weighted by Gasteiger charge is 2.28. The maximum absolute atomic E-state index is 12.0. The number of rotatable bonds is 6. The Bertz CT molecular complexity index is 590. The van der Waals surface area contributed by atoms with Crippen LogP contribution in [0.25, 0.3) is 0 Å². The van der Waals surface area contributed by atoms with Crippen LogP contribution in [0.1, 0.15) is 26.3 Å². The lowest BCUT2D eigenvalue weighted by atomic mass is 10.2. The van der Waals surface area contributed by atoms with Crippen molar-refractivity contribution in [3.63, 3.8) is 0 Å². The molecule has 0 fully saturated rings. The molecule has 0 aliphatic rings. The summed E-state index contributed by atoms with van der Waals surface area (Å²) in [6.07, 6.45) is 0. The minimum absolute atomic E-state index is 0.0197. The Labute approximate surface area is 130 Å². The monoisotopic (exact) mass is 336 g/mol. The summed E-state index contributed by atoms with van der Waals surface area (Å²) in [5, 5.41) is 9.38. The van der Waals surface area contributed by atoms with Gasteiger partial charge >= 0.3 is 0 Å². The first-order chi connectivity index (χ1) is 9.62. The highest BCUT2D eigenvalue weighted by molar-refractivity contribution is 7.92. The summed E-state index contributed by atoms with van der Waals surface area (Å²) in [7, 11) is -1.81. The van der Waals surface area contributed by atoms with Gasteiger partial charge < -0.3 is 14.6 Å². The smallest absolute Gasteiger partial charge is 0.179 e. The molecule has 0 aliphatic heterocycles. The molecule has 0 unspecified atom stereocenters. The van der Waals surface area contributed by atoms with Gasteiger partial charge in [0.2, 0.25) is 0 Å². The van der Waals surface area contributed by atoms with Gasteiger partial charge in [-0.15, -0.1) is 0 Å². The Balaban J connectivity index is 2.86. The van der Waals surface area contributed by atoms with Crippen molar-refractivity contribution in [2.24, 2.45) is 0 Å². The van der Waals surface area contributed by atoms with E-state index in [1.807, 2.05) is 0 Å². The van der Waals surface area contributed by atoms with Crippen molar-refractivity contribution >= 4 is 21.4 Å². The summed E-state index contributed by atoms with van der Waals surface area (Å²) in [6.45, 7) is 4.74. The van der Waals surface area contributed by atoms with Crippen molar-refractivity contribution in [1.82, 2.24) is 0 Å². The standard InChI is InChI=1S/C14H21ClO5S/c1-14(2,3)21(17,18)6-5-20-13-11(15)7-10(9-16)8-12(13)19-4/h7-8,16H,5-6,9H2,1-4H3. The summed E-state index contributed by atoms with van der Waals surface area (Å²) >= 11 is 6.07. The molecule has 5 nitrogen and oxygen atoms in total. The van der Waals surface area contributed by atoms with E-state index in [1.54, 1.807) is 32.9 Å². The second-order valence-corrected chi connectivity index (χ2v) is 8.82. The number of methoxy groups -OCH3 is 1. The van der Waals surface area contributed by atoms with Crippen LogP contribution in [-0.2, 0) is 16.4 Å². The molecule has 0 aromatic heterocycles. The van der Waals surface area contributed by atoms with E-state index in [0.29, 0.717) is 11.3 Å². The van der Waals surface area contributed by atoms with E-state index in [1.165, 1.54) is 7.11 Å². The summed E-state index contributed by atoms with van der Waals surface area (Å²) < 4.78 is 33.8. The molecule has 0 saturated carbocycles. The van der Waals surface area contributed by atoms with Gasteiger partial charge in [0.05, 0.1) is 29.2 Å². The predicted octanol–water partition coefficient (Wildman–Crippen LogP) is 2.43. The van der Waals surface area contributed by atoms with Gasteiger partial charge in [-0.25, -0.2) is 8.42 Å². The third-order valence-corrected chi connectivity index (χ3v) is 5.85. The minimum Gasteiger partial charge on any atom is -0.493 e. The van der Waals surface area contributed by atoms with Crippen LogP contribution in [0, 0.1) is 0 Å². The molecule has 7 heteroatoms. The molecular formula is C14H21ClO5S. The number of hydrogen-bond acceptors (Lipinski definition) is 5. The molecule has 1 rings (SSSR count). The van der Waals surface area contributed by atoms with Crippen molar-refractivity contribution in [2.75, 3.05) is 19.5 Å². The van der Waals surface area contributed by atoms with Crippen molar-refractivity contribution in [1.29, 1.82) is 0 Å². The number of aliphatic hydroxyl groups is 1. The van der Waals surface area contributed by atoms with Gasteiger partial charge in [-0.3, -0.25) is 0 Å². The van der Waals surface area contributed by atoms with E-state index in [2.05, 4.69) is 0 Å². The second kappa shape index (κ2) is 6.85. The Morgan fingerprint density at radius 2 is 1.90 bits per heavy atom. The van der Waals surface area contributed by atoms with Gasteiger partial charge in [0, 0.05) is 0 Å². The zero-order valence-electron chi connectivity index (χ0n) is 12.6. The van der Waals surface area contributed by atoms with Crippen LogP contribution in [0.3, 0.4) is 0 Å². The summed E-state index contributed by atoms with van der Waals surface area (Å²) in [5.41, 5.74) is 0.589. The van der Waals surface area contributed by atoms with Gasteiger partial charge in [0.1, 0.15) is 6.61 Å². The van der Waals surface area contributed by atoms with Gasteiger partial charge in [0.15, 0.2) is 21.3 Å². The third kappa shape index (κ3) is 4.49. The first-order valence-corrected chi connectivity index (χ1v) is 8.47. The normalized spacial score (nSPS) is 12.3. The molecule has 21 heavy (non-hydrogen) atoms. The molecule has 0 radical (unpaired) electrons. The van der Waals surface area contributed by atoms with Gasteiger partial charge in [-0.2, -0.15) is 0 Å². The fourth-order valence-electron chi connectivity index (χ4n) is 1.56. The zero-order valence-corrected chi connectivity index (χ0v) is 14.2. The first kappa shape index (κ1) is 18.1. The Hall–Kier alpha value is -0.980. The molecule has 0 heterocycles. The highest BCUT2D eigenvalue weighted by atomic mass is 35.5. The lowest BCUT2D eigenvalue weighted by Crippen LogP contribution is -2.32. The quantitative estimate of drug-likeness (QED) is 0.863. The fourth-order valence-corrected chi connectivity index (χ4v) is 2.77. The number of ether oxygens (including phenoxy) is 2. The van der Waals surface area contributed by atoms with Crippen molar-refractivity contribution in [3.8, 4) is 11.5 Å². The number of sulfone groups is 1. The van der Waals surface area contributed by atoms with E-state index >= 15 is 0 Å². The summed E-state index contributed by atoms with van der Waals surface area (Å²) in [6, 6.07) is 3.15. The minimum atomic E-state index is -3.26. The number of halogens is 1. The van der Waals surface area contributed by atoms with Crippen LogP contribution in [0.4, 0.5) is 0 Å². The van der Waals surface area contributed by atoms with Crippen molar-refractivity contribution < 1.29 is 23.0 Å². The number of aliphatic hydroxyl groups excluding tert-OH is 1. The van der Waals surface area contributed by atoms with Crippen LogP contribution in [-0.4, -0.2) is 37.7 Å². The average Bonchev–Trinajstić information content (AvgIpc) is 2.38. The molecule has 1 N–H and O–H groups in total. The molecule has 1 aromatic carbocycles. The van der Waals surface area contributed by atoms with E-state index in [4.69, 9.17) is 26.2 Å². The molecule has 0 bridgehead atoms. The maximum Gasteiger partial charge on any atom is 0.179 e. The Morgan fingerprint density at radius 3 is 2.38 bits per heavy atom. The lowest BCUT2D eigenvalue weighted by molar-refractivity contribution is 0.279. The molecule has 1 aromatic rings. The third-order valence-electron chi connectivity index (χ3n) is 3.00. The van der Waals surface area contributed by atoms with Gasteiger partial charge in [0.25, 0.3) is 0 Å². The average molecular weight is 337 g/mol. The van der Waals surface area contributed by atoms with Crippen molar-refractivity contribution in [3.05, 3.63) is 22.7 Å². The molecule has 0 aliphatic carbocycles. The summed E-state index contributed by atoms with van der Waals surface area (Å²) in [4.78, 5) is 0. The van der Waals surface area contributed by atoms with Crippen LogP contribution in [0.15, 0.2) is 12.1 Å². The molecular weight excluding hydrogens is 316 g/mol. The van der Waals surface area contributed by atoms with E-state index in [-0.39, 0.29) is 29.7 Å². The SMILES string of the molecule is COc1cc(CO)cc(Cl)c1OCCS(=O)(=O)C(C)(C)C. The first-order valence-electron chi connectivity index (χ1n) is 6.44. The Kier molecular flexibility index (Phi) is 5.90. The molecule has 0 amide bonds. The lowest BCUT2D eigenvalue weighted by Gasteiger charge is -2.20.